The Balaban J connectivity index is 2.00. The Kier molecular flexibility index (Phi) is 5.86. The number of piperazine rings is 1. The Labute approximate surface area is 146 Å². The maximum Gasteiger partial charge on any atom is 0.317 e. The second-order valence-corrected chi connectivity index (χ2v) is 6.82. The van der Waals surface area contributed by atoms with Gasteiger partial charge >= 0.3 is 6.03 Å². The summed E-state index contributed by atoms with van der Waals surface area (Å²) in [6, 6.07) is 5.64. The van der Waals surface area contributed by atoms with E-state index in [1.165, 1.54) is 0 Å². The van der Waals surface area contributed by atoms with Gasteiger partial charge in [-0.05, 0) is 47.7 Å². The molecule has 2 rings (SSSR count). The Morgan fingerprint density at radius 2 is 1.86 bits per heavy atom. The van der Waals surface area contributed by atoms with E-state index in [-0.39, 0.29) is 11.9 Å². The van der Waals surface area contributed by atoms with Crippen LogP contribution in [0.4, 0.5) is 4.79 Å². The summed E-state index contributed by atoms with van der Waals surface area (Å²) in [5.41, 5.74) is 0.705. The summed E-state index contributed by atoms with van der Waals surface area (Å²) in [6.45, 7) is 4.79. The van der Waals surface area contributed by atoms with E-state index < -0.39 is 0 Å². The average molecular weight is 466 g/mol. The number of nitrogens with zero attached hydrogens (tertiary/aromatic N) is 2. The highest BCUT2D eigenvalue weighted by Crippen LogP contribution is 2.20. The van der Waals surface area contributed by atoms with Gasteiger partial charge in [-0.15, -0.1) is 0 Å². The van der Waals surface area contributed by atoms with E-state index in [1.54, 1.807) is 9.80 Å². The molecule has 1 aromatic carbocycles. The van der Waals surface area contributed by atoms with Crippen molar-refractivity contribution in [2.24, 2.45) is 0 Å². The molecular weight excluding hydrogens is 449 g/mol. The van der Waals surface area contributed by atoms with Crippen LogP contribution in [0.1, 0.15) is 17.3 Å². The van der Waals surface area contributed by atoms with Crippen LogP contribution in [0.25, 0.3) is 0 Å². The second kappa shape index (κ2) is 7.44. The van der Waals surface area contributed by atoms with E-state index in [4.69, 9.17) is 0 Å². The van der Waals surface area contributed by atoms with Gasteiger partial charge in [-0.25, -0.2) is 4.79 Å². The number of carbonyl (C=O) groups excluding carboxylic acids is 2. The molecular formula is C14H17BrIN3O2. The van der Waals surface area contributed by atoms with Crippen LogP contribution in [0, 0.1) is 3.57 Å². The van der Waals surface area contributed by atoms with Gasteiger partial charge in [0.25, 0.3) is 5.91 Å². The van der Waals surface area contributed by atoms with Crippen molar-refractivity contribution in [1.29, 1.82) is 0 Å². The molecule has 1 aliphatic rings. The molecule has 0 radical (unpaired) electrons. The summed E-state index contributed by atoms with van der Waals surface area (Å²) >= 11 is 5.57. The standard InChI is InChI=1S/C14H17BrIN3O2/c1-2-17-14(21)19-7-5-18(6-8-19)13(20)11-9-10(15)3-4-12(11)16/h3-4,9H,2,5-8H2,1H3,(H,17,21). The van der Waals surface area contributed by atoms with Crippen molar-refractivity contribution in [2.45, 2.75) is 6.92 Å². The number of rotatable bonds is 2. The van der Waals surface area contributed by atoms with Crippen LogP contribution in [-0.2, 0) is 0 Å². The fraction of sp³-hybridized carbons (Fsp3) is 0.429. The number of amides is 3. The summed E-state index contributed by atoms with van der Waals surface area (Å²) in [5.74, 6) is 0.0243. The van der Waals surface area contributed by atoms with E-state index in [0.29, 0.717) is 38.3 Å². The summed E-state index contributed by atoms with van der Waals surface area (Å²) < 4.78 is 1.83. The lowest BCUT2D eigenvalue weighted by Crippen LogP contribution is -2.53. The first-order valence-electron chi connectivity index (χ1n) is 6.80. The molecule has 114 valence electrons. The number of hydrogen-bond acceptors (Lipinski definition) is 2. The molecule has 1 aliphatic heterocycles. The predicted molar refractivity (Wildman–Crippen MR) is 93.4 cm³/mol. The van der Waals surface area contributed by atoms with Crippen molar-refractivity contribution in [3.05, 3.63) is 31.8 Å². The van der Waals surface area contributed by atoms with Gasteiger partial charge in [0.1, 0.15) is 0 Å². The first-order valence-corrected chi connectivity index (χ1v) is 8.67. The maximum absolute atomic E-state index is 12.6. The van der Waals surface area contributed by atoms with E-state index >= 15 is 0 Å². The first kappa shape index (κ1) is 16.5. The zero-order chi connectivity index (χ0) is 15.4. The third kappa shape index (κ3) is 4.09. The molecule has 0 bridgehead atoms. The van der Waals surface area contributed by atoms with Gasteiger partial charge in [-0.3, -0.25) is 4.79 Å². The van der Waals surface area contributed by atoms with Crippen LogP contribution < -0.4 is 5.32 Å². The highest BCUT2D eigenvalue weighted by Gasteiger charge is 2.25. The van der Waals surface area contributed by atoms with Crippen LogP contribution in [-0.4, -0.2) is 54.5 Å². The molecule has 0 spiro atoms. The van der Waals surface area contributed by atoms with Gasteiger partial charge in [-0.1, -0.05) is 15.9 Å². The lowest BCUT2D eigenvalue weighted by Gasteiger charge is -2.34. The topological polar surface area (TPSA) is 52.7 Å². The molecule has 7 heteroatoms. The fourth-order valence-corrected chi connectivity index (χ4v) is 3.13. The first-order chi connectivity index (χ1) is 10.0. The largest absolute Gasteiger partial charge is 0.338 e. The number of hydrogen-bond donors (Lipinski definition) is 1. The zero-order valence-electron chi connectivity index (χ0n) is 11.7. The molecule has 0 saturated carbocycles. The van der Waals surface area contributed by atoms with Crippen molar-refractivity contribution in [2.75, 3.05) is 32.7 Å². The molecule has 21 heavy (non-hydrogen) atoms. The molecule has 0 aromatic heterocycles. The number of benzene rings is 1. The molecule has 0 atom stereocenters. The molecule has 0 aliphatic carbocycles. The summed E-state index contributed by atoms with van der Waals surface area (Å²) in [6.07, 6.45) is 0. The zero-order valence-corrected chi connectivity index (χ0v) is 15.5. The van der Waals surface area contributed by atoms with Gasteiger partial charge in [0, 0.05) is 40.8 Å². The third-order valence-corrected chi connectivity index (χ3v) is 4.77. The SMILES string of the molecule is CCNC(=O)N1CCN(C(=O)c2cc(Br)ccc2I)CC1. The fourth-order valence-electron chi connectivity index (χ4n) is 2.21. The van der Waals surface area contributed by atoms with E-state index in [9.17, 15) is 9.59 Å². The van der Waals surface area contributed by atoms with Gasteiger partial charge in [0.2, 0.25) is 0 Å². The normalized spacial score (nSPS) is 15.0. The van der Waals surface area contributed by atoms with Crippen LogP contribution in [0.2, 0.25) is 0 Å². The summed E-state index contributed by atoms with van der Waals surface area (Å²) in [4.78, 5) is 27.9. The third-order valence-electron chi connectivity index (χ3n) is 3.34. The van der Waals surface area contributed by atoms with E-state index in [2.05, 4.69) is 43.8 Å². The Morgan fingerprint density at radius 3 is 2.48 bits per heavy atom. The second-order valence-electron chi connectivity index (χ2n) is 4.74. The van der Waals surface area contributed by atoms with Crippen LogP contribution in [0.3, 0.4) is 0 Å². The van der Waals surface area contributed by atoms with Crippen molar-refractivity contribution in [3.63, 3.8) is 0 Å². The number of halogens is 2. The molecule has 1 aromatic rings. The lowest BCUT2D eigenvalue weighted by molar-refractivity contribution is 0.0664. The molecule has 3 amide bonds. The van der Waals surface area contributed by atoms with Crippen LogP contribution in [0.15, 0.2) is 22.7 Å². The number of nitrogens with one attached hydrogen (secondary N) is 1. The lowest BCUT2D eigenvalue weighted by atomic mass is 10.2. The minimum absolute atomic E-state index is 0.0243. The van der Waals surface area contributed by atoms with E-state index in [0.717, 1.165) is 8.04 Å². The number of urea groups is 1. The monoisotopic (exact) mass is 465 g/mol. The minimum atomic E-state index is -0.0540. The predicted octanol–water partition coefficient (Wildman–Crippen LogP) is 2.54. The maximum atomic E-state index is 12.6. The van der Waals surface area contributed by atoms with Gasteiger partial charge in [0.15, 0.2) is 0 Å². The van der Waals surface area contributed by atoms with Crippen molar-refractivity contribution < 1.29 is 9.59 Å². The van der Waals surface area contributed by atoms with Crippen molar-refractivity contribution in [3.8, 4) is 0 Å². The molecule has 1 fully saturated rings. The Bertz CT molecular complexity index is 545. The number of carbonyl (C=O) groups is 2. The average Bonchev–Trinajstić information content (AvgIpc) is 2.49. The summed E-state index contributed by atoms with van der Waals surface area (Å²) in [7, 11) is 0. The van der Waals surface area contributed by atoms with Crippen molar-refractivity contribution >= 4 is 50.5 Å². The Morgan fingerprint density at radius 1 is 1.24 bits per heavy atom. The van der Waals surface area contributed by atoms with Crippen LogP contribution in [0.5, 0.6) is 0 Å². The molecule has 0 unspecified atom stereocenters. The van der Waals surface area contributed by atoms with Crippen LogP contribution >= 0.6 is 38.5 Å². The molecule has 1 heterocycles. The highest BCUT2D eigenvalue weighted by atomic mass is 127. The minimum Gasteiger partial charge on any atom is -0.338 e. The quantitative estimate of drug-likeness (QED) is 0.682. The Hall–Kier alpha value is -0.830. The molecule has 1 N–H and O–H groups in total. The summed E-state index contributed by atoms with van der Waals surface area (Å²) in [5, 5.41) is 2.78. The van der Waals surface area contributed by atoms with E-state index in [1.807, 2.05) is 25.1 Å². The van der Waals surface area contributed by atoms with Crippen molar-refractivity contribution in [1.82, 2.24) is 15.1 Å². The van der Waals surface area contributed by atoms with Gasteiger partial charge in [-0.2, -0.15) is 0 Å². The van der Waals surface area contributed by atoms with Gasteiger partial charge < -0.3 is 15.1 Å². The highest BCUT2D eigenvalue weighted by molar-refractivity contribution is 14.1. The van der Waals surface area contributed by atoms with Gasteiger partial charge in [0.05, 0.1) is 5.56 Å². The molecule has 1 saturated heterocycles. The smallest absolute Gasteiger partial charge is 0.317 e. The molecule has 5 nitrogen and oxygen atoms in total.